The second-order valence-electron chi connectivity index (χ2n) is 5.34. The van der Waals surface area contributed by atoms with Crippen molar-refractivity contribution in [1.29, 1.82) is 0 Å². The van der Waals surface area contributed by atoms with Gasteiger partial charge in [-0.2, -0.15) is 0 Å². The van der Waals surface area contributed by atoms with Gasteiger partial charge in [-0.05, 0) is 32.1 Å². The van der Waals surface area contributed by atoms with Crippen LogP contribution in [0.1, 0.15) is 65.2 Å². The molecule has 0 saturated heterocycles. The van der Waals surface area contributed by atoms with Gasteiger partial charge in [-0.25, -0.2) is 0 Å². The first-order valence-electron chi connectivity index (χ1n) is 6.95. The van der Waals surface area contributed by atoms with E-state index in [0.29, 0.717) is 12.1 Å². The molecule has 92 valence electrons. The van der Waals surface area contributed by atoms with Crippen LogP contribution in [-0.4, -0.2) is 12.1 Å². The maximum atomic E-state index is 5.34. The van der Waals surface area contributed by atoms with Crippen molar-refractivity contribution in [3.05, 3.63) is 0 Å². The van der Waals surface area contributed by atoms with Crippen LogP contribution in [0, 0.1) is 18.3 Å². The highest BCUT2D eigenvalue weighted by molar-refractivity contribution is 4.89. The Kier molecular flexibility index (Phi) is 6.57. The molecule has 1 heteroatoms. The van der Waals surface area contributed by atoms with Crippen molar-refractivity contribution in [2.75, 3.05) is 0 Å². The van der Waals surface area contributed by atoms with Crippen molar-refractivity contribution >= 4 is 0 Å². The maximum Gasteiger partial charge on any atom is 0.0238 e. The van der Waals surface area contributed by atoms with Crippen molar-refractivity contribution < 1.29 is 0 Å². The SMILES string of the molecule is C#CCC(C)NC1CCCC(CCC)CC1. The normalized spacial score (nSPS) is 28.1. The van der Waals surface area contributed by atoms with E-state index in [1.807, 2.05) is 0 Å². The van der Waals surface area contributed by atoms with E-state index in [9.17, 15) is 0 Å². The molecule has 1 nitrogen and oxygen atoms in total. The van der Waals surface area contributed by atoms with E-state index in [1.54, 1.807) is 0 Å². The van der Waals surface area contributed by atoms with E-state index >= 15 is 0 Å². The van der Waals surface area contributed by atoms with Crippen molar-refractivity contribution in [3.63, 3.8) is 0 Å². The average Bonchev–Trinajstić information content (AvgIpc) is 2.45. The number of rotatable bonds is 5. The van der Waals surface area contributed by atoms with E-state index in [2.05, 4.69) is 25.1 Å². The molecule has 1 aliphatic rings. The Balaban J connectivity index is 2.27. The molecule has 1 saturated carbocycles. The molecule has 1 N–H and O–H groups in total. The number of nitrogens with one attached hydrogen (secondary N) is 1. The Hall–Kier alpha value is -0.480. The van der Waals surface area contributed by atoms with Crippen LogP contribution in [-0.2, 0) is 0 Å². The Morgan fingerprint density at radius 2 is 2.12 bits per heavy atom. The van der Waals surface area contributed by atoms with Gasteiger partial charge >= 0.3 is 0 Å². The third-order valence-electron chi connectivity index (χ3n) is 3.73. The predicted octanol–water partition coefficient (Wildman–Crippen LogP) is 3.74. The fourth-order valence-electron chi connectivity index (χ4n) is 2.88. The third kappa shape index (κ3) is 5.03. The molecule has 0 spiro atoms. The summed E-state index contributed by atoms with van der Waals surface area (Å²) in [6.07, 6.45) is 15.9. The first-order chi connectivity index (χ1) is 7.76. The summed E-state index contributed by atoms with van der Waals surface area (Å²) in [5.74, 6) is 3.73. The number of hydrogen-bond donors (Lipinski definition) is 1. The highest BCUT2D eigenvalue weighted by Crippen LogP contribution is 2.26. The zero-order valence-corrected chi connectivity index (χ0v) is 11.0. The Morgan fingerprint density at radius 1 is 1.31 bits per heavy atom. The molecule has 0 bridgehead atoms. The molecule has 0 aromatic heterocycles. The van der Waals surface area contributed by atoms with Gasteiger partial charge in [0.15, 0.2) is 0 Å². The summed E-state index contributed by atoms with van der Waals surface area (Å²) in [5, 5.41) is 3.68. The second-order valence-corrected chi connectivity index (χ2v) is 5.34. The first kappa shape index (κ1) is 13.6. The highest BCUT2D eigenvalue weighted by Gasteiger charge is 2.19. The quantitative estimate of drug-likeness (QED) is 0.551. The van der Waals surface area contributed by atoms with Gasteiger partial charge in [-0.3, -0.25) is 0 Å². The summed E-state index contributed by atoms with van der Waals surface area (Å²) in [5.41, 5.74) is 0. The van der Waals surface area contributed by atoms with Crippen LogP contribution in [0.15, 0.2) is 0 Å². The topological polar surface area (TPSA) is 12.0 Å². The minimum Gasteiger partial charge on any atom is -0.311 e. The van der Waals surface area contributed by atoms with E-state index in [0.717, 1.165) is 12.3 Å². The summed E-state index contributed by atoms with van der Waals surface area (Å²) in [6, 6.07) is 1.20. The Morgan fingerprint density at radius 3 is 2.81 bits per heavy atom. The average molecular weight is 221 g/mol. The third-order valence-corrected chi connectivity index (χ3v) is 3.73. The molecule has 0 aliphatic heterocycles. The lowest BCUT2D eigenvalue weighted by Gasteiger charge is -2.20. The summed E-state index contributed by atoms with van der Waals surface area (Å²) >= 11 is 0. The largest absolute Gasteiger partial charge is 0.311 e. The Labute approximate surface area is 101 Å². The first-order valence-corrected chi connectivity index (χ1v) is 6.95. The van der Waals surface area contributed by atoms with Gasteiger partial charge in [-0.1, -0.05) is 32.6 Å². The van der Waals surface area contributed by atoms with Gasteiger partial charge in [0.2, 0.25) is 0 Å². The molecule has 0 aromatic rings. The molecule has 1 rings (SSSR count). The predicted molar refractivity (Wildman–Crippen MR) is 71.3 cm³/mol. The molecular formula is C15H27N. The van der Waals surface area contributed by atoms with E-state index in [4.69, 9.17) is 6.42 Å². The van der Waals surface area contributed by atoms with E-state index in [-0.39, 0.29) is 0 Å². The van der Waals surface area contributed by atoms with Crippen LogP contribution < -0.4 is 5.32 Å². The second kappa shape index (κ2) is 7.74. The van der Waals surface area contributed by atoms with Crippen molar-refractivity contribution in [1.82, 2.24) is 5.32 Å². The monoisotopic (exact) mass is 221 g/mol. The van der Waals surface area contributed by atoms with E-state index < -0.39 is 0 Å². The molecule has 0 aromatic carbocycles. The molecule has 16 heavy (non-hydrogen) atoms. The van der Waals surface area contributed by atoms with Crippen molar-refractivity contribution in [2.24, 2.45) is 5.92 Å². The van der Waals surface area contributed by atoms with Crippen molar-refractivity contribution in [3.8, 4) is 12.3 Å². The lowest BCUT2D eigenvalue weighted by Crippen LogP contribution is -2.35. The minimum absolute atomic E-state index is 0.484. The van der Waals surface area contributed by atoms with Crippen LogP contribution in [0.4, 0.5) is 0 Å². The molecular weight excluding hydrogens is 194 g/mol. The van der Waals surface area contributed by atoms with Gasteiger partial charge in [0.25, 0.3) is 0 Å². The number of terminal acetylenes is 1. The van der Waals surface area contributed by atoms with Crippen LogP contribution in [0.3, 0.4) is 0 Å². The number of hydrogen-bond acceptors (Lipinski definition) is 1. The lowest BCUT2D eigenvalue weighted by molar-refractivity contribution is 0.391. The fraction of sp³-hybridized carbons (Fsp3) is 0.867. The zero-order chi connectivity index (χ0) is 11.8. The van der Waals surface area contributed by atoms with E-state index in [1.165, 1.54) is 44.9 Å². The van der Waals surface area contributed by atoms with Crippen LogP contribution in [0.5, 0.6) is 0 Å². The van der Waals surface area contributed by atoms with Crippen LogP contribution >= 0.6 is 0 Å². The van der Waals surface area contributed by atoms with Gasteiger partial charge in [0.05, 0.1) is 0 Å². The van der Waals surface area contributed by atoms with Gasteiger partial charge in [0.1, 0.15) is 0 Å². The summed E-state index contributed by atoms with van der Waals surface area (Å²) in [7, 11) is 0. The molecule has 3 unspecified atom stereocenters. The molecule has 0 amide bonds. The minimum atomic E-state index is 0.484. The molecule has 0 heterocycles. The zero-order valence-electron chi connectivity index (χ0n) is 11.0. The molecule has 0 radical (unpaired) electrons. The molecule has 1 aliphatic carbocycles. The summed E-state index contributed by atoms with van der Waals surface area (Å²) in [4.78, 5) is 0. The van der Waals surface area contributed by atoms with Crippen LogP contribution in [0.25, 0.3) is 0 Å². The smallest absolute Gasteiger partial charge is 0.0238 e. The van der Waals surface area contributed by atoms with Gasteiger partial charge in [0, 0.05) is 18.5 Å². The lowest BCUT2D eigenvalue weighted by atomic mass is 9.95. The summed E-state index contributed by atoms with van der Waals surface area (Å²) in [6.45, 7) is 4.50. The summed E-state index contributed by atoms with van der Waals surface area (Å²) < 4.78 is 0. The Bertz CT molecular complexity index is 216. The fourth-order valence-corrected chi connectivity index (χ4v) is 2.88. The van der Waals surface area contributed by atoms with Crippen LogP contribution in [0.2, 0.25) is 0 Å². The van der Waals surface area contributed by atoms with Gasteiger partial charge in [-0.15, -0.1) is 12.3 Å². The maximum absolute atomic E-state index is 5.34. The van der Waals surface area contributed by atoms with Gasteiger partial charge < -0.3 is 5.32 Å². The highest BCUT2D eigenvalue weighted by atomic mass is 14.9. The standard InChI is InChI=1S/C15H27N/c1-4-7-13(3)16-15-10-6-9-14(8-5-2)11-12-15/h1,13-16H,5-12H2,2-3H3. The molecule has 1 fully saturated rings. The molecule has 3 atom stereocenters. The van der Waals surface area contributed by atoms with Crippen molar-refractivity contribution in [2.45, 2.75) is 77.3 Å².